The van der Waals surface area contributed by atoms with Gasteiger partial charge in [0.2, 0.25) is 5.16 Å². The molecule has 0 aliphatic carbocycles. The first-order valence-electron chi connectivity index (χ1n) is 6.72. The van der Waals surface area contributed by atoms with Crippen LogP contribution in [0, 0.1) is 13.8 Å². The molecule has 0 unspecified atom stereocenters. The van der Waals surface area contributed by atoms with E-state index in [1.54, 1.807) is 10.9 Å². The number of tetrazole rings is 1. The lowest BCUT2D eigenvalue weighted by Gasteiger charge is -2.10. The molecule has 6 nitrogen and oxygen atoms in total. The Kier molecular flexibility index (Phi) is 4.17. The third-order valence-corrected chi connectivity index (χ3v) is 4.72. The molecule has 0 saturated carbocycles. The van der Waals surface area contributed by atoms with Gasteiger partial charge in [0, 0.05) is 7.05 Å². The molecule has 22 heavy (non-hydrogen) atoms. The number of nitrogens with zero attached hydrogens (tertiary/aromatic N) is 6. The molecule has 0 amide bonds. The van der Waals surface area contributed by atoms with Crippen LogP contribution in [-0.4, -0.2) is 29.8 Å². The summed E-state index contributed by atoms with van der Waals surface area (Å²) in [5.74, 6) is 1.53. The third-order valence-electron chi connectivity index (χ3n) is 3.45. The molecule has 2 heterocycles. The number of rotatable bonds is 4. The average Bonchev–Trinajstić information content (AvgIpc) is 3.06. The van der Waals surface area contributed by atoms with Crippen molar-refractivity contribution in [3.63, 3.8) is 0 Å². The number of benzene rings is 1. The van der Waals surface area contributed by atoms with Gasteiger partial charge in [-0.15, -0.1) is 5.10 Å². The normalized spacial score (nSPS) is 11.1. The van der Waals surface area contributed by atoms with Gasteiger partial charge < -0.3 is 4.57 Å². The number of halogens is 1. The van der Waals surface area contributed by atoms with Gasteiger partial charge in [-0.1, -0.05) is 41.6 Å². The molecule has 0 atom stereocenters. The quantitative estimate of drug-likeness (QED) is 0.686. The molecule has 0 spiro atoms. The van der Waals surface area contributed by atoms with Crippen molar-refractivity contribution < 1.29 is 0 Å². The second kappa shape index (κ2) is 6.10. The predicted octanol–water partition coefficient (Wildman–Crippen LogP) is 2.96. The van der Waals surface area contributed by atoms with Gasteiger partial charge in [-0.25, -0.2) is 4.98 Å². The molecular weight excluding hydrogens is 320 g/mol. The van der Waals surface area contributed by atoms with E-state index in [9.17, 15) is 0 Å². The van der Waals surface area contributed by atoms with Gasteiger partial charge in [-0.05, 0) is 35.4 Å². The zero-order valence-corrected chi connectivity index (χ0v) is 14.1. The Morgan fingerprint density at radius 2 is 1.95 bits per heavy atom. The predicted molar refractivity (Wildman–Crippen MR) is 86.4 cm³/mol. The minimum atomic E-state index is 0.616. The highest BCUT2D eigenvalue weighted by atomic mass is 35.5. The second-order valence-electron chi connectivity index (χ2n) is 4.96. The van der Waals surface area contributed by atoms with Crippen LogP contribution in [-0.2, 0) is 12.8 Å². The minimum Gasteiger partial charge on any atom is -0.322 e. The lowest BCUT2D eigenvalue weighted by Crippen LogP contribution is -2.04. The van der Waals surface area contributed by atoms with Crippen LogP contribution in [0.4, 0.5) is 0 Å². The summed E-state index contributed by atoms with van der Waals surface area (Å²) in [5.41, 5.74) is 3.29. The summed E-state index contributed by atoms with van der Waals surface area (Å²) in [6, 6.07) is 6.13. The van der Waals surface area contributed by atoms with Crippen molar-refractivity contribution in [2.75, 3.05) is 0 Å². The fraction of sp³-hybridized carbons (Fsp3) is 0.286. The summed E-state index contributed by atoms with van der Waals surface area (Å²) < 4.78 is 3.63. The molecule has 0 saturated heterocycles. The summed E-state index contributed by atoms with van der Waals surface area (Å²) in [5, 5.41) is 13.4. The van der Waals surface area contributed by atoms with E-state index in [1.807, 2.05) is 17.7 Å². The molecule has 0 aliphatic heterocycles. The maximum Gasteiger partial charge on any atom is 0.214 e. The number of aromatic nitrogens is 6. The minimum absolute atomic E-state index is 0.616. The van der Waals surface area contributed by atoms with Crippen LogP contribution < -0.4 is 0 Å². The summed E-state index contributed by atoms with van der Waals surface area (Å²) in [6.45, 7) is 4.11. The Labute approximate surface area is 137 Å². The highest BCUT2D eigenvalue weighted by molar-refractivity contribution is 7.98. The van der Waals surface area contributed by atoms with Crippen molar-refractivity contribution in [2.45, 2.75) is 24.8 Å². The van der Waals surface area contributed by atoms with E-state index in [2.05, 4.69) is 46.5 Å². The molecule has 0 fully saturated rings. The van der Waals surface area contributed by atoms with E-state index in [0.717, 1.165) is 27.8 Å². The Bertz CT molecular complexity index is 789. The zero-order valence-electron chi connectivity index (χ0n) is 12.5. The smallest absolute Gasteiger partial charge is 0.214 e. The monoisotopic (exact) mass is 334 g/mol. The average molecular weight is 335 g/mol. The van der Waals surface area contributed by atoms with Gasteiger partial charge in [-0.2, -0.15) is 4.68 Å². The van der Waals surface area contributed by atoms with Crippen molar-refractivity contribution in [2.24, 2.45) is 7.05 Å². The van der Waals surface area contributed by atoms with Crippen molar-refractivity contribution in [3.05, 3.63) is 46.5 Å². The summed E-state index contributed by atoms with van der Waals surface area (Å²) >= 11 is 7.54. The fourth-order valence-electron chi connectivity index (χ4n) is 2.24. The highest BCUT2D eigenvalue weighted by Gasteiger charge is 2.14. The molecule has 0 bridgehead atoms. The van der Waals surface area contributed by atoms with E-state index in [-0.39, 0.29) is 0 Å². The van der Waals surface area contributed by atoms with Crippen LogP contribution in [0.25, 0.3) is 5.69 Å². The lowest BCUT2D eigenvalue weighted by atomic mass is 10.1. The first-order valence-corrected chi connectivity index (χ1v) is 8.08. The van der Waals surface area contributed by atoms with Crippen molar-refractivity contribution in [1.29, 1.82) is 0 Å². The van der Waals surface area contributed by atoms with Gasteiger partial charge in [0.25, 0.3) is 0 Å². The number of hydrogen-bond donors (Lipinski definition) is 0. The number of hydrogen-bond acceptors (Lipinski definition) is 5. The van der Waals surface area contributed by atoms with Crippen LogP contribution in [0.2, 0.25) is 5.15 Å². The third kappa shape index (κ3) is 2.74. The van der Waals surface area contributed by atoms with Crippen LogP contribution in [0.5, 0.6) is 0 Å². The lowest BCUT2D eigenvalue weighted by molar-refractivity contribution is 0.746. The summed E-state index contributed by atoms with van der Waals surface area (Å²) in [6.07, 6.45) is 1.64. The molecule has 3 aromatic rings. The molecule has 0 radical (unpaired) electrons. The number of thioether (sulfide) groups is 1. The van der Waals surface area contributed by atoms with Crippen LogP contribution in [0.3, 0.4) is 0 Å². The van der Waals surface area contributed by atoms with Gasteiger partial charge >= 0.3 is 0 Å². The number of aryl methyl sites for hydroxylation is 2. The van der Waals surface area contributed by atoms with Crippen LogP contribution >= 0.6 is 23.4 Å². The fourth-order valence-corrected chi connectivity index (χ4v) is 3.25. The number of imidazole rings is 1. The highest BCUT2D eigenvalue weighted by Crippen LogP contribution is 2.25. The van der Waals surface area contributed by atoms with E-state index in [1.165, 1.54) is 11.8 Å². The van der Waals surface area contributed by atoms with E-state index in [0.29, 0.717) is 10.9 Å². The van der Waals surface area contributed by atoms with Gasteiger partial charge in [0.1, 0.15) is 11.0 Å². The summed E-state index contributed by atoms with van der Waals surface area (Å²) in [4.78, 5) is 4.28. The Hall–Kier alpha value is -1.86. The van der Waals surface area contributed by atoms with Gasteiger partial charge in [-0.3, -0.25) is 0 Å². The topological polar surface area (TPSA) is 61.4 Å². The molecule has 0 aliphatic rings. The largest absolute Gasteiger partial charge is 0.322 e. The first-order chi connectivity index (χ1) is 10.6. The molecule has 1 aromatic carbocycles. The Morgan fingerprint density at radius 1 is 1.23 bits per heavy atom. The maximum absolute atomic E-state index is 6.00. The SMILES string of the molecule is Cc1cccc(C)c1-n1nnnc1SCc1ncc(Cl)n1C. The van der Waals surface area contributed by atoms with Crippen molar-refractivity contribution in [1.82, 2.24) is 29.8 Å². The molecule has 8 heteroatoms. The Balaban J connectivity index is 1.88. The van der Waals surface area contributed by atoms with Crippen molar-refractivity contribution >= 4 is 23.4 Å². The molecule has 3 rings (SSSR count). The standard InChI is InChI=1S/C14H15ClN6S/c1-9-5-4-6-10(2)13(9)21-14(17-18-19-21)22-8-12-16-7-11(15)20(12)3/h4-7H,8H2,1-3H3. The Morgan fingerprint density at radius 3 is 2.59 bits per heavy atom. The maximum atomic E-state index is 6.00. The zero-order chi connectivity index (χ0) is 15.7. The van der Waals surface area contributed by atoms with Gasteiger partial charge in [0.05, 0.1) is 17.6 Å². The van der Waals surface area contributed by atoms with Gasteiger partial charge in [0.15, 0.2) is 0 Å². The first kappa shape index (κ1) is 15.1. The van der Waals surface area contributed by atoms with E-state index in [4.69, 9.17) is 11.6 Å². The van der Waals surface area contributed by atoms with E-state index >= 15 is 0 Å². The molecule has 0 N–H and O–H groups in total. The number of para-hydroxylation sites is 1. The summed E-state index contributed by atoms with van der Waals surface area (Å²) in [7, 11) is 1.89. The molecular formula is C14H15ClN6S. The molecule has 114 valence electrons. The van der Waals surface area contributed by atoms with Crippen LogP contribution in [0.1, 0.15) is 17.0 Å². The second-order valence-corrected chi connectivity index (χ2v) is 6.29. The van der Waals surface area contributed by atoms with Crippen LogP contribution in [0.15, 0.2) is 29.6 Å². The van der Waals surface area contributed by atoms with Crippen molar-refractivity contribution in [3.8, 4) is 5.69 Å². The van der Waals surface area contributed by atoms with E-state index < -0.39 is 0 Å². The molecule has 2 aromatic heterocycles.